The van der Waals surface area contributed by atoms with E-state index in [1.54, 1.807) is 6.07 Å². The average Bonchev–Trinajstić information content (AvgIpc) is 3.17. The van der Waals surface area contributed by atoms with Gasteiger partial charge in [-0.3, -0.25) is 4.79 Å². The van der Waals surface area contributed by atoms with Gasteiger partial charge in [0.1, 0.15) is 11.5 Å². The molecule has 1 N–H and O–H groups in total. The van der Waals surface area contributed by atoms with Crippen LogP contribution in [0.3, 0.4) is 0 Å². The third-order valence-electron chi connectivity index (χ3n) is 4.38. The van der Waals surface area contributed by atoms with Gasteiger partial charge in [-0.15, -0.1) is 0 Å². The Morgan fingerprint density at radius 2 is 2.18 bits per heavy atom. The van der Waals surface area contributed by atoms with Crippen molar-refractivity contribution in [3.8, 4) is 0 Å². The second-order valence-electron chi connectivity index (χ2n) is 6.39. The molecule has 1 saturated heterocycles. The van der Waals surface area contributed by atoms with Gasteiger partial charge in [0.25, 0.3) is 5.91 Å². The fourth-order valence-corrected chi connectivity index (χ4v) is 2.88. The van der Waals surface area contributed by atoms with Crippen LogP contribution in [0.25, 0.3) is 0 Å². The number of carbonyl (C=O) groups is 1. The van der Waals surface area contributed by atoms with Crippen LogP contribution in [0.5, 0.6) is 0 Å². The Kier molecular flexibility index (Phi) is 4.49. The Morgan fingerprint density at radius 1 is 1.41 bits per heavy atom. The molecule has 1 aliphatic heterocycles. The van der Waals surface area contributed by atoms with Crippen molar-refractivity contribution in [2.75, 3.05) is 38.6 Å². The highest BCUT2D eigenvalue weighted by molar-refractivity contribution is 6.28. The summed E-state index contributed by atoms with van der Waals surface area (Å²) in [6.45, 7) is 2.53. The van der Waals surface area contributed by atoms with Crippen LogP contribution in [-0.2, 0) is 0 Å². The highest BCUT2D eigenvalue weighted by atomic mass is 35.5. The molecule has 1 amide bonds. The first-order valence-electron chi connectivity index (χ1n) is 7.77. The summed E-state index contributed by atoms with van der Waals surface area (Å²) in [5.41, 5.74) is 0.351. The van der Waals surface area contributed by atoms with Gasteiger partial charge < -0.3 is 15.1 Å². The first kappa shape index (κ1) is 15.5. The lowest BCUT2D eigenvalue weighted by molar-refractivity contribution is 0.0946. The molecule has 2 fully saturated rings. The zero-order chi connectivity index (χ0) is 15.7. The first-order valence-corrected chi connectivity index (χ1v) is 8.15. The van der Waals surface area contributed by atoms with Gasteiger partial charge in [-0.2, -0.15) is 0 Å². The van der Waals surface area contributed by atoms with E-state index >= 15 is 0 Å². The quantitative estimate of drug-likeness (QED) is 0.830. The molecule has 1 saturated carbocycles. The van der Waals surface area contributed by atoms with E-state index < -0.39 is 0 Å². The fraction of sp³-hybridized carbons (Fsp3) is 0.667. The first-order chi connectivity index (χ1) is 10.5. The van der Waals surface area contributed by atoms with E-state index in [1.807, 2.05) is 0 Å². The van der Waals surface area contributed by atoms with Gasteiger partial charge in [-0.1, -0.05) is 0 Å². The molecule has 1 unspecified atom stereocenters. The summed E-state index contributed by atoms with van der Waals surface area (Å²) in [6.07, 6.45) is 3.49. The summed E-state index contributed by atoms with van der Waals surface area (Å²) in [6, 6.07) is 2.24. The number of carbonyl (C=O) groups excluding carboxylic acids is 1. The molecular formula is C15H22ClN5O. The molecule has 0 aromatic carbocycles. The molecule has 2 aliphatic rings. The molecule has 120 valence electrons. The number of nitrogens with zero attached hydrogens (tertiary/aromatic N) is 4. The smallest absolute Gasteiger partial charge is 0.270 e. The minimum Gasteiger partial charge on any atom is -0.355 e. The van der Waals surface area contributed by atoms with Crippen LogP contribution in [-0.4, -0.2) is 60.5 Å². The number of hydrogen-bond acceptors (Lipinski definition) is 5. The molecule has 0 spiro atoms. The van der Waals surface area contributed by atoms with Crippen molar-refractivity contribution in [3.05, 3.63) is 17.0 Å². The standard InChI is InChI=1S/C15H22ClN5O/c1-20(2)11-5-6-21(9-11)13-7-12(18-15(16)19-13)14(22)17-8-10-3-4-10/h7,10-11H,3-6,8-9H2,1-2H3,(H,17,22). The molecule has 0 bridgehead atoms. The second-order valence-corrected chi connectivity index (χ2v) is 6.72. The highest BCUT2D eigenvalue weighted by Gasteiger charge is 2.26. The van der Waals surface area contributed by atoms with Crippen molar-refractivity contribution in [1.82, 2.24) is 20.2 Å². The van der Waals surface area contributed by atoms with Gasteiger partial charge in [-0.25, -0.2) is 9.97 Å². The number of aromatic nitrogens is 2. The van der Waals surface area contributed by atoms with Crippen LogP contribution in [0.1, 0.15) is 29.8 Å². The topological polar surface area (TPSA) is 61.4 Å². The molecule has 1 aromatic heterocycles. The van der Waals surface area contributed by atoms with Gasteiger partial charge in [0, 0.05) is 31.7 Å². The van der Waals surface area contributed by atoms with Crippen molar-refractivity contribution in [2.24, 2.45) is 5.92 Å². The van der Waals surface area contributed by atoms with E-state index in [4.69, 9.17) is 11.6 Å². The number of halogens is 1. The van der Waals surface area contributed by atoms with Gasteiger partial charge in [0.05, 0.1) is 0 Å². The Hall–Kier alpha value is -1.40. The molecule has 3 rings (SSSR count). The van der Waals surface area contributed by atoms with Crippen LogP contribution in [0, 0.1) is 5.92 Å². The van der Waals surface area contributed by atoms with Gasteiger partial charge >= 0.3 is 0 Å². The van der Waals surface area contributed by atoms with Crippen molar-refractivity contribution in [1.29, 1.82) is 0 Å². The van der Waals surface area contributed by atoms with Crippen LogP contribution in [0.4, 0.5) is 5.82 Å². The minimum absolute atomic E-state index is 0.127. The molecule has 0 radical (unpaired) electrons. The molecule has 1 aromatic rings. The largest absolute Gasteiger partial charge is 0.355 e. The van der Waals surface area contributed by atoms with Crippen molar-refractivity contribution in [2.45, 2.75) is 25.3 Å². The average molecular weight is 324 g/mol. The van der Waals surface area contributed by atoms with E-state index in [2.05, 4.69) is 39.2 Å². The lowest BCUT2D eigenvalue weighted by Crippen LogP contribution is -2.32. The number of anilines is 1. The normalized spacial score (nSPS) is 21.5. The maximum absolute atomic E-state index is 12.2. The predicted molar refractivity (Wildman–Crippen MR) is 86.4 cm³/mol. The van der Waals surface area contributed by atoms with Crippen LogP contribution in [0.2, 0.25) is 5.28 Å². The van der Waals surface area contributed by atoms with Crippen LogP contribution >= 0.6 is 11.6 Å². The molecule has 7 heteroatoms. The van der Waals surface area contributed by atoms with E-state index in [0.29, 0.717) is 17.7 Å². The zero-order valence-electron chi connectivity index (χ0n) is 13.0. The van der Waals surface area contributed by atoms with E-state index in [1.165, 1.54) is 12.8 Å². The van der Waals surface area contributed by atoms with Crippen molar-refractivity contribution >= 4 is 23.3 Å². The zero-order valence-corrected chi connectivity index (χ0v) is 13.8. The summed E-state index contributed by atoms with van der Waals surface area (Å²) in [5.74, 6) is 1.21. The monoisotopic (exact) mass is 323 g/mol. The summed E-state index contributed by atoms with van der Waals surface area (Å²) in [7, 11) is 4.16. The molecule has 1 aliphatic carbocycles. The number of likely N-dealkylation sites (N-methyl/N-ethyl adjacent to an activating group) is 1. The summed E-state index contributed by atoms with van der Waals surface area (Å²) in [5, 5.41) is 3.05. The second kappa shape index (κ2) is 6.38. The van der Waals surface area contributed by atoms with E-state index in [0.717, 1.165) is 31.9 Å². The van der Waals surface area contributed by atoms with Crippen LogP contribution in [0.15, 0.2) is 6.07 Å². The minimum atomic E-state index is -0.166. The van der Waals surface area contributed by atoms with E-state index in [9.17, 15) is 4.79 Å². The fourth-order valence-electron chi connectivity index (χ4n) is 2.71. The molecule has 22 heavy (non-hydrogen) atoms. The number of rotatable bonds is 5. The maximum Gasteiger partial charge on any atom is 0.270 e. The third kappa shape index (κ3) is 3.67. The lowest BCUT2D eigenvalue weighted by atomic mass is 10.2. The number of amides is 1. The van der Waals surface area contributed by atoms with Crippen molar-refractivity contribution < 1.29 is 4.79 Å². The molecule has 2 heterocycles. The maximum atomic E-state index is 12.2. The van der Waals surface area contributed by atoms with Crippen LogP contribution < -0.4 is 10.2 Å². The number of hydrogen-bond donors (Lipinski definition) is 1. The Morgan fingerprint density at radius 3 is 2.82 bits per heavy atom. The molecule has 6 nitrogen and oxygen atoms in total. The van der Waals surface area contributed by atoms with Crippen molar-refractivity contribution in [3.63, 3.8) is 0 Å². The van der Waals surface area contributed by atoms with Gasteiger partial charge in [0.2, 0.25) is 5.28 Å². The highest BCUT2D eigenvalue weighted by Crippen LogP contribution is 2.27. The lowest BCUT2D eigenvalue weighted by Gasteiger charge is -2.21. The third-order valence-corrected chi connectivity index (χ3v) is 4.55. The molecular weight excluding hydrogens is 302 g/mol. The molecule has 1 atom stereocenters. The predicted octanol–water partition coefficient (Wildman–Crippen LogP) is 1.41. The Bertz CT molecular complexity index is 561. The van der Waals surface area contributed by atoms with E-state index in [-0.39, 0.29) is 11.2 Å². The number of nitrogens with one attached hydrogen (secondary N) is 1. The Balaban J connectivity index is 1.70. The van der Waals surface area contributed by atoms with Gasteiger partial charge in [-0.05, 0) is 50.9 Å². The summed E-state index contributed by atoms with van der Waals surface area (Å²) < 4.78 is 0. The summed E-state index contributed by atoms with van der Waals surface area (Å²) in [4.78, 5) is 24.9. The van der Waals surface area contributed by atoms with Gasteiger partial charge in [0.15, 0.2) is 0 Å². The SMILES string of the molecule is CN(C)C1CCN(c2cc(C(=O)NCC3CC3)nc(Cl)n2)C1. The Labute approximate surface area is 135 Å². The summed E-state index contributed by atoms with van der Waals surface area (Å²) >= 11 is 6.01.